The maximum absolute atomic E-state index is 11.9. The lowest BCUT2D eigenvalue weighted by Crippen LogP contribution is -2.49. The molecule has 7 heteroatoms. The molecule has 1 aromatic rings. The van der Waals surface area contributed by atoms with Gasteiger partial charge < -0.3 is 20.3 Å². The molecule has 19 heavy (non-hydrogen) atoms. The molecule has 0 fully saturated rings. The van der Waals surface area contributed by atoms with E-state index in [1.165, 1.54) is 4.90 Å². The highest BCUT2D eigenvalue weighted by Crippen LogP contribution is 2.08. The van der Waals surface area contributed by atoms with Gasteiger partial charge in [0, 0.05) is 19.4 Å². The highest BCUT2D eigenvalue weighted by atomic mass is 16.4. The molecule has 3 N–H and O–H groups in total. The minimum absolute atomic E-state index is 0.126. The van der Waals surface area contributed by atoms with Crippen molar-refractivity contribution in [2.45, 2.75) is 32.9 Å². The van der Waals surface area contributed by atoms with Crippen LogP contribution in [-0.4, -0.2) is 45.1 Å². The molecule has 2 amide bonds. The van der Waals surface area contributed by atoms with Gasteiger partial charge in [-0.1, -0.05) is 20.3 Å². The first-order valence-corrected chi connectivity index (χ1v) is 6.18. The number of imidazole rings is 1. The number of hydrogen-bond acceptors (Lipinski definition) is 3. The van der Waals surface area contributed by atoms with E-state index >= 15 is 0 Å². The number of nitrogens with zero attached hydrogens (tertiary/aromatic N) is 2. The molecule has 0 aliphatic heterocycles. The van der Waals surface area contributed by atoms with Crippen molar-refractivity contribution in [1.82, 2.24) is 20.2 Å². The van der Waals surface area contributed by atoms with Crippen LogP contribution in [0.5, 0.6) is 0 Å². The first-order chi connectivity index (χ1) is 8.95. The minimum Gasteiger partial charge on any atom is -0.480 e. The molecule has 0 bridgehead atoms. The van der Waals surface area contributed by atoms with Crippen molar-refractivity contribution in [3.8, 4) is 0 Å². The van der Waals surface area contributed by atoms with Gasteiger partial charge >= 0.3 is 12.0 Å². The lowest BCUT2D eigenvalue weighted by atomic mass is 9.99. The number of aromatic nitrogens is 2. The molecular weight excluding hydrogens is 248 g/mol. The Bertz CT molecular complexity index is 419. The highest BCUT2D eigenvalue weighted by molar-refractivity contribution is 5.82. The van der Waals surface area contributed by atoms with E-state index in [1.807, 2.05) is 6.92 Å². The second-order valence-corrected chi connectivity index (χ2v) is 4.54. The predicted molar refractivity (Wildman–Crippen MR) is 69.5 cm³/mol. The number of carboxylic acid groups (broad SMARTS) is 1. The van der Waals surface area contributed by atoms with Gasteiger partial charge in [0.25, 0.3) is 0 Å². The molecule has 0 spiro atoms. The third-order valence-corrected chi connectivity index (χ3v) is 3.05. The van der Waals surface area contributed by atoms with E-state index in [1.54, 1.807) is 26.4 Å². The largest absolute Gasteiger partial charge is 0.480 e. The van der Waals surface area contributed by atoms with Crippen molar-refractivity contribution in [3.05, 3.63) is 18.2 Å². The topological polar surface area (TPSA) is 98.3 Å². The lowest BCUT2D eigenvalue weighted by Gasteiger charge is -2.24. The molecule has 0 saturated carbocycles. The number of aliphatic carboxylic acids is 1. The van der Waals surface area contributed by atoms with Crippen LogP contribution in [0, 0.1) is 5.92 Å². The van der Waals surface area contributed by atoms with Crippen LogP contribution in [0.1, 0.15) is 26.1 Å². The molecule has 0 radical (unpaired) electrons. The molecule has 0 aromatic carbocycles. The Labute approximate surface area is 112 Å². The predicted octanol–water partition coefficient (Wildman–Crippen LogP) is 1.05. The molecule has 0 saturated heterocycles. The summed E-state index contributed by atoms with van der Waals surface area (Å²) in [6.07, 6.45) is 3.94. The molecule has 106 valence electrons. The Balaban J connectivity index is 2.58. The number of rotatable bonds is 6. The summed E-state index contributed by atoms with van der Waals surface area (Å²) in [6.45, 7) is 3.98. The summed E-state index contributed by atoms with van der Waals surface area (Å²) in [5.41, 5.74) is 0. The number of nitrogens with one attached hydrogen (secondary N) is 2. The summed E-state index contributed by atoms with van der Waals surface area (Å²) in [5.74, 6) is -0.499. The molecule has 1 heterocycles. The minimum atomic E-state index is -1.02. The van der Waals surface area contributed by atoms with Gasteiger partial charge in [0.15, 0.2) is 0 Å². The number of carbonyl (C=O) groups is 2. The Hall–Kier alpha value is -2.05. The van der Waals surface area contributed by atoms with Gasteiger partial charge in [-0.05, 0) is 5.92 Å². The number of amides is 2. The van der Waals surface area contributed by atoms with Gasteiger partial charge in [0.2, 0.25) is 0 Å². The number of H-pyrrole nitrogens is 1. The van der Waals surface area contributed by atoms with E-state index < -0.39 is 18.0 Å². The molecule has 1 rings (SSSR count). The van der Waals surface area contributed by atoms with Crippen LogP contribution in [0.4, 0.5) is 4.79 Å². The van der Waals surface area contributed by atoms with Crippen LogP contribution >= 0.6 is 0 Å². The monoisotopic (exact) mass is 268 g/mol. The second kappa shape index (κ2) is 6.77. The van der Waals surface area contributed by atoms with Gasteiger partial charge in [0.1, 0.15) is 11.9 Å². The summed E-state index contributed by atoms with van der Waals surface area (Å²) in [5, 5.41) is 11.6. The van der Waals surface area contributed by atoms with E-state index in [-0.39, 0.29) is 5.92 Å². The summed E-state index contributed by atoms with van der Waals surface area (Å²) in [7, 11) is 1.59. The maximum Gasteiger partial charge on any atom is 0.326 e. The molecule has 1 aromatic heterocycles. The smallest absolute Gasteiger partial charge is 0.326 e. The number of hydrogen-bond donors (Lipinski definition) is 3. The first-order valence-electron chi connectivity index (χ1n) is 6.18. The summed E-state index contributed by atoms with van der Waals surface area (Å²) < 4.78 is 0. The fourth-order valence-corrected chi connectivity index (χ4v) is 1.61. The lowest BCUT2D eigenvalue weighted by molar-refractivity contribution is -0.140. The number of urea groups is 1. The molecule has 0 aliphatic rings. The van der Waals surface area contributed by atoms with E-state index in [2.05, 4.69) is 15.3 Å². The molecule has 7 nitrogen and oxygen atoms in total. The average molecular weight is 268 g/mol. The van der Waals surface area contributed by atoms with Crippen molar-refractivity contribution in [2.24, 2.45) is 5.92 Å². The first kappa shape index (κ1) is 15.0. The maximum atomic E-state index is 11.9. The Morgan fingerprint density at radius 2 is 2.26 bits per heavy atom. The van der Waals surface area contributed by atoms with Crippen LogP contribution in [0.2, 0.25) is 0 Å². The highest BCUT2D eigenvalue weighted by Gasteiger charge is 2.26. The fraction of sp³-hybridized carbons (Fsp3) is 0.583. The third kappa shape index (κ3) is 4.27. The Kier molecular flexibility index (Phi) is 5.35. The Morgan fingerprint density at radius 3 is 2.74 bits per heavy atom. The Morgan fingerprint density at radius 1 is 1.58 bits per heavy atom. The number of aromatic amines is 1. The average Bonchev–Trinajstić information content (AvgIpc) is 2.86. The van der Waals surface area contributed by atoms with Crippen LogP contribution in [-0.2, 0) is 11.3 Å². The van der Waals surface area contributed by atoms with Crippen LogP contribution < -0.4 is 5.32 Å². The van der Waals surface area contributed by atoms with Crippen molar-refractivity contribution >= 4 is 12.0 Å². The summed E-state index contributed by atoms with van der Waals surface area (Å²) >= 11 is 0. The van der Waals surface area contributed by atoms with Crippen LogP contribution in [0.25, 0.3) is 0 Å². The summed E-state index contributed by atoms with van der Waals surface area (Å²) in [4.78, 5) is 31.3. The zero-order valence-electron chi connectivity index (χ0n) is 11.4. The van der Waals surface area contributed by atoms with Crippen molar-refractivity contribution < 1.29 is 14.7 Å². The normalized spacial score (nSPS) is 13.6. The van der Waals surface area contributed by atoms with Gasteiger partial charge in [-0.2, -0.15) is 0 Å². The standard InChI is InChI=1S/C12H20N4O3/c1-4-8(2)10(11(17)18)15-12(19)16(3)7-9-13-5-6-14-9/h5-6,8,10H,4,7H2,1-3H3,(H,13,14)(H,15,19)(H,17,18). The molecule has 0 aliphatic carbocycles. The van der Waals surface area contributed by atoms with Gasteiger partial charge in [0.05, 0.1) is 6.54 Å². The molecular formula is C12H20N4O3. The van der Waals surface area contributed by atoms with Crippen LogP contribution in [0.3, 0.4) is 0 Å². The van der Waals surface area contributed by atoms with Crippen LogP contribution in [0.15, 0.2) is 12.4 Å². The van der Waals surface area contributed by atoms with E-state index in [0.29, 0.717) is 18.8 Å². The van der Waals surface area contributed by atoms with E-state index in [9.17, 15) is 9.59 Å². The van der Waals surface area contributed by atoms with Gasteiger partial charge in [-0.25, -0.2) is 14.6 Å². The second-order valence-electron chi connectivity index (χ2n) is 4.54. The van der Waals surface area contributed by atoms with Crippen molar-refractivity contribution in [2.75, 3.05) is 7.05 Å². The number of carboxylic acids is 1. The molecule has 2 unspecified atom stereocenters. The zero-order chi connectivity index (χ0) is 14.4. The van der Waals surface area contributed by atoms with Crippen molar-refractivity contribution in [3.63, 3.8) is 0 Å². The van der Waals surface area contributed by atoms with Gasteiger partial charge in [-0.3, -0.25) is 0 Å². The molecule has 2 atom stereocenters. The third-order valence-electron chi connectivity index (χ3n) is 3.05. The number of carbonyl (C=O) groups excluding carboxylic acids is 1. The summed E-state index contributed by atoms with van der Waals surface area (Å²) in [6, 6.07) is -1.30. The zero-order valence-corrected chi connectivity index (χ0v) is 11.4. The quantitative estimate of drug-likeness (QED) is 0.718. The van der Waals surface area contributed by atoms with E-state index in [4.69, 9.17) is 5.11 Å². The van der Waals surface area contributed by atoms with E-state index in [0.717, 1.165) is 0 Å². The fourth-order valence-electron chi connectivity index (χ4n) is 1.61. The SMILES string of the molecule is CCC(C)C(NC(=O)N(C)Cc1ncc[nH]1)C(=O)O. The van der Waals surface area contributed by atoms with Gasteiger partial charge in [-0.15, -0.1) is 0 Å². The van der Waals surface area contributed by atoms with Crippen molar-refractivity contribution in [1.29, 1.82) is 0 Å².